The van der Waals surface area contributed by atoms with Crippen molar-refractivity contribution in [3.05, 3.63) is 60.1 Å². The first-order valence-corrected chi connectivity index (χ1v) is 7.20. The standard InChI is InChI=1S/C17H17N3O2/c18-8-3-11-20-14-4-1-2-5-15(14)22-16(17(20)21)12-13-6-9-19-10-7-13/h1-2,4-7,9-10,12H,3,8,11,18H2/b16-12+. The molecule has 5 nitrogen and oxygen atoms in total. The van der Waals surface area contributed by atoms with Gasteiger partial charge in [0.2, 0.25) is 0 Å². The number of benzene rings is 1. The van der Waals surface area contributed by atoms with Gasteiger partial charge in [0.25, 0.3) is 5.91 Å². The number of carbonyl (C=O) groups is 1. The Bertz CT molecular complexity index is 698. The fourth-order valence-corrected chi connectivity index (χ4v) is 2.34. The second-order valence-corrected chi connectivity index (χ2v) is 4.96. The molecule has 5 heteroatoms. The summed E-state index contributed by atoms with van der Waals surface area (Å²) in [5.74, 6) is 0.838. The Morgan fingerprint density at radius 1 is 1.18 bits per heavy atom. The van der Waals surface area contributed by atoms with E-state index in [0.717, 1.165) is 17.7 Å². The minimum absolute atomic E-state index is 0.149. The van der Waals surface area contributed by atoms with Crippen LogP contribution in [0.1, 0.15) is 12.0 Å². The van der Waals surface area contributed by atoms with E-state index in [1.54, 1.807) is 23.4 Å². The van der Waals surface area contributed by atoms with Crippen LogP contribution in [0.5, 0.6) is 5.75 Å². The molecule has 1 aliphatic heterocycles. The molecule has 1 aromatic heterocycles. The first kappa shape index (κ1) is 14.3. The van der Waals surface area contributed by atoms with Crippen LogP contribution in [0.3, 0.4) is 0 Å². The van der Waals surface area contributed by atoms with E-state index in [-0.39, 0.29) is 5.91 Å². The number of pyridine rings is 1. The number of ether oxygens (including phenoxy) is 1. The summed E-state index contributed by atoms with van der Waals surface area (Å²) in [7, 11) is 0. The molecule has 0 saturated heterocycles. The van der Waals surface area contributed by atoms with Crippen LogP contribution in [0, 0.1) is 0 Å². The lowest BCUT2D eigenvalue weighted by molar-refractivity contribution is -0.117. The third-order valence-electron chi connectivity index (χ3n) is 3.42. The molecule has 0 aliphatic carbocycles. The molecular formula is C17H17N3O2. The highest BCUT2D eigenvalue weighted by molar-refractivity contribution is 6.09. The van der Waals surface area contributed by atoms with E-state index in [0.29, 0.717) is 24.6 Å². The maximum atomic E-state index is 12.7. The van der Waals surface area contributed by atoms with Crippen LogP contribution < -0.4 is 15.4 Å². The molecule has 0 spiro atoms. The number of hydrogen-bond acceptors (Lipinski definition) is 4. The zero-order chi connectivity index (χ0) is 15.4. The largest absolute Gasteiger partial charge is 0.449 e. The highest BCUT2D eigenvalue weighted by Gasteiger charge is 2.29. The number of carbonyl (C=O) groups excluding carboxylic acids is 1. The van der Waals surface area contributed by atoms with E-state index in [9.17, 15) is 4.79 Å². The van der Waals surface area contributed by atoms with Gasteiger partial charge in [-0.2, -0.15) is 0 Å². The highest BCUT2D eigenvalue weighted by atomic mass is 16.5. The molecule has 2 aromatic rings. The smallest absolute Gasteiger partial charge is 0.294 e. The Kier molecular flexibility index (Phi) is 4.16. The average molecular weight is 295 g/mol. The van der Waals surface area contributed by atoms with Crippen molar-refractivity contribution < 1.29 is 9.53 Å². The van der Waals surface area contributed by atoms with Gasteiger partial charge >= 0.3 is 0 Å². The van der Waals surface area contributed by atoms with Crippen LogP contribution >= 0.6 is 0 Å². The molecule has 0 radical (unpaired) electrons. The predicted molar refractivity (Wildman–Crippen MR) is 85.3 cm³/mol. The molecule has 1 aliphatic rings. The molecule has 112 valence electrons. The van der Waals surface area contributed by atoms with Crippen molar-refractivity contribution in [2.75, 3.05) is 18.0 Å². The maximum Gasteiger partial charge on any atom is 0.294 e. The molecule has 0 fully saturated rings. The fraction of sp³-hybridized carbons (Fsp3) is 0.176. The van der Waals surface area contributed by atoms with Gasteiger partial charge in [-0.05, 0) is 48.9 Å². The van der Waals surface area contributed by atoms with E-state index in [1.807, 2.05) is 36.4 Å². The Morgan fingerprint density at radius 2 is 1.95 bits per heavy atom. The van der Waals surface area contributed by atoms with Crippen molar-refractivity contribution in [2.24, 2.45) is 5.73 Å². The first-order valence-electron chi connectivity index (χ1n) is 7.20. The summed E-state index contributed by atoms with van der Waals surface area (Å²) in [6, 6.07) is 11.2. The van der Waals surface area contributed by atoms with Gasteiger partial charge in [0.05, 0.1) is 5.69 Å². The third kappa shape index (κ3) is 2.84. The van der Waals surface area contributed by atoms with Crippen molar-refractivity contribution >= 4 is 17.7 Å². The van der Waals surface area contributed by atoms with E-state index >= 15 is 0 Å². The van der Waals surface area contributed by atoms with Gasteiger partial charge in [-0.3, -0.25) is 9.78 Å². The SMILES string of the molecule is NCCCN1C(=O)/C(=C\c2ccncc2)Oc2ccccc21. The number of amides is 1. The molecule has 0 bridgehead atoms. The predicted octanol–water partition coefficient (Wildman–Crippen LogP) is 2.20. The third-order valence-corrected chi connectivity index (χ3v) is 3.42. The van der Waals surface area contributed by atoms with Gasteiger partial charge in [-0.15, -0.1) is 0 Å². The number of aromatic nitrogens is 1. The summed E-state index contributed by atoms with van der Waals surface area (Å²) in [6.07, 6.45) is 5.83. The van der Waals surface area contributed by atoms with Crippen molar-refractivity contribution in [3.63, 3.8) is 0 Å². The second-order valence-electron chi connectivity index (χ2n) is 4.96. The summed E-state index contributed by atoms with van der Waals surface area (Å²) in [5.41, 5.74) is 7.24. The number of hydrogen-bond donors (Lipinski definition) is 1. The lowest BCUT2D eigenvalue weighted by Gasteiger charge is -2.30. The molecule has 1 aromatic carbocycles. The number of anilines is 1. The molecule has 0 saturated carbocycles. The average Bonchev–Trinajstić information content (AvgIpc) is 2.56. The van der Waals surface area contributed by atoms with Crippen molar-refractivity contribution in [2.45, 2.75) is 6.42 Å². The topological polar surface area (TPSA) is 68.5 Å². The normalized spacial score (nSPS) is 15.6. The van der Waals surface area contributed by atoms with E-state index in [2.05, 4.69) is 4.98 Å². The van der Waals surface area contributed by atoms with Gasteiger partial charge in [0, 0.05) is 18.9 Å². The summed E-state index contributed by atoms with van der Waals surface area (Å²) in [6.45, 7) is 1.11. The molecule has 2 heterocycles. The highest BCUT2D eigenvalue weighted by Crippen LogP contribution is 2.35. The molecule has 0 atom stereocenters. The molecule has 3 rings (SSSR count). The van der Waals surface area contributed by atoms with Crippen LogP contribution in [0.15, 0.2) is 54.6 Å². The molecule has 22 heavy (non-hydrogen) atoms. The number of para-hydroxylation sites is 2. The van der Waals surface area contributed by atoms with E-state index in [4.69, 9.17) is 10.5 Å². The maximum absolute atomic E-state index is 12.7. The lowest BCUT2D eigenvalue weighted by Crippen LogP contribution is -2.38. The van der Waals surface area contributed by atoms with Crippen LogP contribution in [0.2, 0.25) is 0 Å². The van der Waals surface area contributed by atoms with Crippen molar-refractivity contribution in [1.82, 2.24) is 4.98 Å². The first-order chi connectivity index (χ1) is 10.8. The van der Waals surface area contributed by atoms with Crippen molar-refractivity contribution in [1.29, 1.82) is 0 Å². The summed E-state index contributed by atoms with van der Waals surface area (Å²) in [5, 5.41) is 0. The summed E-state index contributed by atoms with van der Waals surface area (Å²) in [4.78, 5) is 18.4. The van der Waals surface area contributed by atoms with Gasteiger partial charge < -0.3 is 15.4 Å². The Hall–Kier alpha value is -2.66. The number of nitrogens with zero attached hydrogens (tertiary/aromatic N) is 2. The lowest BCUT2D eigenvalue weighted by atomic mass is 10.1. The Balaban J connectivity index is 1.98. The van der Waals surface area contributed by atoms with Gasteiger partial charge in [0.15, 0.2) is 11.5 Å². The zero-order valence-corrected chi connectivity index (χ0v) is 12.1. The molecule has 1 amide bonds. The van der Waals surface area contributed by atoms with Gasteiger partial charge in [0.1, 0.15) is 0 Å². The molecule has 0 unspecified atom stereocenters. The number of fused-ring (bicyclic) bond motifs is 1. The summed E-state index contributed by atoms with van der Waals surface area (Å²) >= 11 is 0. The minimum atomic E-state index is -0.149. The Labute approximate surface area is 129 Å². The second kappa shape index (κ2) is 6.41. The van der Waals surface area contributed by atoms with Crippen LogP contribution in [-0.4, -0.2) is 24.0 Å². The minimum Gasteiger partial charge on any atom is -0.449 e. The van der Waals surface area contributed by atoms with Crippen LogP contribution in [0.4, 0.5) is 5.69 Å². The van der Waals surface area contributed by atoms with E-state index < -0.39 is 0 Å². The van der Waals surface area contributed by atoms with Gasteiger partial charge in [-0.25, -0.2) is 0 Å². The number of rotatable bonds is 4. The van der Waals surface area contributed by atoms with Gasteiger partial charge in [-0.1, -0.05) is 12.1 Å². The monoisotopic (exact) mass is 295 g/mol. The Morgan fingerprint density at radius 3 is 2.73 bits per heavy atom. The fourth-order valence-electron chi connectivity index (χ4n) is 2.34. The zero-order valence-electron chi connectivity index (χ0n) is 12.1. The van der Waals surface area contributed by atoms with Crippen LogP contribution in [0.25, 0.3) is 6.08 Å². The molecule has 2 N–H and O–H groups in total. The van der Waals surface area contributed by atoms with Crippen molar-refractivity contribution in [3.8, 4) is 5.75 Å². The van der Waals surface area contributed by atoms with E-state index in [1.165, 1.54) is 0 Å². The van der Waals surface area contributed by atoms with Crippen LogP contribution in [-0.2, 0) is 4.79 Å². The number of nitrogens with two attached hydrogens (primary N) is 1. The summed E-state index contributed by atoms with van der Waals surface area (Å²) < 4.78 is 5.78. The quantitative estimate of drug-likeness (QED) is 0.878. The molecular weight excluding hydrogens is 278 g/mol.